The molecule has 1 saturated heterocycles. The first-order valence-corrected chi connectivity index (χ1v) is 9.90. The highest BCUT2D eigenvalue weighted by Gasteiger charge is 2.23. The van der Waals surface area contributed by atoms with E-state index in [2.05, 4.69) is 25.5 Å². The molecule has 146 valence electrons. The summed E-state index contributed by atoms with van der Waals surface area (Å²) in [6, 6.07) is 6.86. The van der Waals surface area contributed by atoms with E-state index in [1.54, 1.807) is 18.4 Å². The van der Waals surface area contributed by atoms with Crippen molar-refractivity contribution in [2.75, 3.05) is 39.9 Å². The lowest BCUT2D eigenvalue weighted by Crippen LogP contribution is -2.46. The number of morpholine rings is 1. The second-order valence-corrected chi connectivity index (χ2v) is 7.71. The molecule has 27 heavy (non-hydrogen) atoms. The van der Waals surface area contributed by atoms with Crippen LogP contribution < -0.4 is 10.6 Å². The Morgan fingerprint density at radius 2 is 2.04 bits per heavy atom. The van der Waals surface area contributed by atoms with Crippen LogP contribution in [0, 0.1) is 12.7 Å². The number of aryl methyl sites for hydroxylation is 1. The number of benzene rings is 1. The molecule has 2 heterocycles. The zero-order valence-electron chi connectivity index (χ0n) is 15.7. The Balaban J connectivity index is 1.62. The molecule has 8 heteroatoms. The van der Waals surface area contributed by atoms with Gasteiger partial charge in [0.05, 0.1) is 25.8 Å². The van der Waals surface area contributed by atoms with Crippen LogP contribution in [-0.4, -0.2) is 55.7 Å². The van der Waals surface area contributed by atoms with Crippen molar-refractivity contribution < 1.29 is 9.13 Å². The average Bonchev–Trinajstić information content (AvgIpc) is 3.11. The Kier molecular flexibility index (Phi) is 7.14. The SMILES string of the molecule is CN=C(NCc1ncc(C)s1)NCC(c1ccc(F)cc1)N1CCOCC1. The van der Waals surface area contributed by atoms with Crippen molar-refractivity contribution in [3.63, 3.8) is 0 Å². The zero-order valence-corrected chi connectivity index (χ0v) is 16.6. The van der Waals surface area contributed by atoms with Crippen LogP contribution in [0.15, 0.2) is 35.5 Å². The van der Waals surface area contributed by atoms with Crippen molar-refractivity contribution in [3.8, 4) is 0 Å². The van der Waals surface area contributed by atoms with Crippen LogP contribution in [0.1, 0.15) is 21.5 Å². The Bertz CT molecular complexity index is 743. The van der Waals surface area contributed by atoms with Gasteiger partial charge in [-0.15, -0.1) is 11.3 Å². The van der Waals surface area contributed by atoms with E-state index >= 15 is 0 Å². The minimum absolute atomic E-state index is 0.121. The van der Waals surface area contributed by atoms with Crippen molar-refractivity contribution in [2.45, 2.75) is 19.5 Å². The van der Waals surface area contributed by atoms with Crippen LogP contribution in [0.2, 0.25) is 0 Å². The fraction of sp³-hybridized carbons (Fsp3) is 0.474. The van der Waals surface area contributed by atoms with E-state index in [0.717, 1.165) is 29.6 Å². The number of nitrogens with one attached hydrogen (secondary N) is 2. The second kappa shape index (κ2) is 9.77. The summed E-state index contributed by atoms with van der Waals surface area (Å²) >= 11 is 1.67. The molecule has 0 saturated carbocycles. The zero-order chi connectivity index (χ0) is 19.1. The molecule has 6 nitrogen and oxygen atoms in total. The lowest BCUT2D eigenvalue weighted by Gasteiger charge is -2.35. The van der Waals surface area contributed by atoms with Crippen LogP contribution in [0.4, 0.5) is 4.39 Å². The standard InChI is InChI=1S/C19H26FN5OS/c1-14-11-22-18(27-14)13-24-19(21-2)23-12-17(25-7-9-26-10-8-25)15-3-5-16(20)6-4-15/h3-6,11,17H,7-10,12-13H2,1-2H3,(H2,21,23,24). The lowest BCUT2D eigenvalue weighted by atomic mass is 10.0. The molecule has 2 aromatic rings. The first-order chi connectivity index (χ1) is 13.2. The van der Waals surface area contributed by atoms with Gasteiger partial charge in [-0.3, -0.25) is 9.89 Å². The monoisotopic (exact) mass is 391 g/mol. The van der Waals surface area contributed by atoms with Crippen LogP contribution in [0.25, 0.3) is 0 Å². The van der Waals surface area contributed by atoms with Gasteiger partial charge in [-0.2, -0.15) is 0 Å². The van der Waals surface area contributed by atoms with Crippen LogP contribution in [-0.2, 0) is 11.3 Å². The highest BCUT2D eigenvalue weighted by molar-refractivity contribution is 7.11. The number of halogens is 1. The highest BCUT2D eigenvalue weighted by atomic mass is 32.1. The molecule has 0 amide bonds. The maximum absolute atomic E-state index is 13.3. The molecule has 1 aromatic heterocycles. The van der Waals surface area contributed by atoms with Gasteiger partial charge in [-0.1, -0.05) is 12.1 Å². The van der Waals surface area contributed by atoms with E-state index in [-0.39, 0.29) is 11.9 Å². The molecule has 0 bridgehead atoms. The fourth-order valence-corrected chi connectivity index (χ4v) is 3.82. The van der Waals surface area contributed by atoms with Crippen LogP contribution in [0.3, 0.4) is 0 Å². The van der Waals surface area contributed by atoms with Crippen LogP contribution >= 0.6 is 11.3 Å². The summed E-state index contributed by atoms with van der Waals surface area (Å²) in [5.41, 5.74) is 1.08. The molecule has 1 fully saturated rings. The molecule has 2 N–H and O–H groups in total. The summed E-state index contributed by atoms with van der Waals surface area (Å²) in [4.78, 5) is 12.2. The Hall–Kier alpha value is -2.03. The molecule has 1 unspecified atom stereocenters. The lowest BCUT2D eigenvalue weighted by molar-refractivity contribution is 0.0170. The van der Waals surface area contributed by atoms with E-state index in [1.165, 1.54) is 17.0 Å². The Morgan fingerprint density at radius 3 is 2.67 bits per heavy atom. The van der Waals surface area contributed by atoms with E-state index in [1.807, 2.05) is 25.3 Å². The van der Waals surface area contributed by atoms with Crippen molar-refractivity contribution >= 4 is 17.3 Å². The molecule has 0 aliphatic carbocycles. The largest absolute Gasteiger partial charge is 0.379 e. The first kappa shape index (κ1) is 19.7. The van der Waals surface area contributed by atoms with Crippen molar-refractivity contribution in [1.29, 1.82) is 0 Å². The molecular weight excluding hydrogens is 365 g/mol. The molecule has 3 rings (SSSR count). The molecule has 1 atom stereocenters. The highest BCUT2D eigenvalue weighted by Crippen LogP contribution is 2.21. The maximum Gasteiger partial charge on any atom is 0.191 e. The summed E-state index contributed by atoms with van der Waals surface area (Å²) in [7, 11) is 1.75. The molecule has 1 aromatic carbocycles. The van der Waals surface area contributed by atoms with Gasteiger partial charge in [0.1, 0.15) is 10.8 Å². The van der Waals surface area contributed by atoms with Crippen molar-refractivity contribution in [3.05, 3.63) is 51.7 Å². The quantitative estimate of drug-likeness (QED) is 0.585. The normalized spacial score (nSPS) is 16.9. The van der Waals surface area contributed by atoms with E-state index in [4.69, 9.17) is 4.74 Å². The van der Waals surface area contributed by atoms with Gasteiger partial charge in [0.25, 0.3) is 0 Å². The minimum Gasteiger partial charge on any atom is -0.379 e. The summed E-state index contributed by atoms with van der Waals surface area (Å²) in [5.74, 6) is 0.506. The summed E-state index contributed by atoms with van der Waals surface area (Å²) in [6.07, 6.45) is 1.88. The fourth-order valence-electron chi connectivity index (χ4n) is 3.09. The third-order valence-electron chi connectivity index (χ3n) is 4.50. The number of aliphatic imine (C=N–C) groups is 1. The Morgan fingerprint density at radius 1 is 1.30 bits per heavy atom. The average molecular weight is 392 g/mol. The molecule has 1 aliphatic rings. The topological polar surface area (TPSA) is 61.8 Å². The summed E-state index contributed by atoms with van der Waals surface area (Å²) < 4.78 is 18.8. The number of thiazole rings is 1. The number of guanidine groups is 1. The maximum atomic E-state index is 13.3. The predicted octanol–water partition coefficient (Wildman–Crippen LogP) is 2.33. The number of nitrogens with zero attached hydrogens (tertiary/aromatic N) is 3. The first-order valence-electron chi connectivity index (χ1n) is 9.09. The Labute approximate surface area is 163 Å². The number of hydrogen-bond donors (Lipinski definition) is 2. The second-order valence-electron chi connectivity index (χ2n) is 6.39. The van der Waals surface area contributed by atoms with Crippen LogP contribution in [0.5, 0.6) is 0 Å². The summed E-state index contributed by atoms with van der Waals surface area (Å²) in [5, 5.41) is 7.72. The molecule has 1 aliphatic heterocycles. The van der Waals surface area contributed by atoms with Gasteiger partial charge in [0.15, 0.2) is 5.96 Å². The summed E-state index contributed by atoms with van der Waals surface area (Å²) in [6.45, 7) is 6.49. The third kappa shape index (κ3) is 5.72. The molecule has 0 spiro atoms. The third-order valence-corrected chi connectivity index (χ3v) is 5.42. The van der Waals surface area contributed by atoms with Crippen molar-refractivity contribution in [1.82, 2.24) is 20.5 Å². The number of hydrogen-bond acceptors (Lipinski definition) is 5. The van der Waals surface area contributed by atoms with E-state index in [0.29, 0.717) is 26.3 Å². The molecule has 0 radical (unpaired) electrons. The van der Waals surface area contributed by atoms with Gasteiger partial charge >= 0.3 is 0 Å². The van der Waals surface area contributed by atoms with E-state index in [9.17, 15) is 4.39 Å². The van der Waals surface area contributed by atoms with Gasteiger partial charge in [0.2, 0.25) is 0 Å². The molecular formula is C19H26FN5OS. The van der Waals surface area contributed by atoms with Gasteiger partial charge < -0.3 is 15.4 Å². The van der Waals surface area contributed by atoms with E-state index < -0.39 is 0 Å². The van der Waals surface area contributed by atoms with Gasteiger partial charge in [0, 0.05) is 37.8 Å². The van der Waals surface area contributed by atoms with Gasteiger partial charge in [-0.05, 0) is 24.6 Å². The number of ether oxygens (including phenoxy) is 1. The smallest absolute Gasteiger partial charge is 0.191 e. The minimum atomic E-state index is -0.219. The number of aromatic nitrogens is 1. The van der Waals surface area contributed by atoms with Gasteiger partial charge in [-0.25, -0.2) is 9.37 Å². The predicted molar refractivity (Wildman–Crippen MR) is 107 cm³/mol. The number of rotatable bonds is 6. The van der Waals surface area contributed by atoms with Crippen molar-refractivity contribution in [2.24, 2.45) is 4.99 Å².